The molecule has 1 aromatic carbocycles. The van der Waals surface area contributed by atoms with Gasteiger partial charge in [-0.3, -0.25) is 4.79 Å². The zero-order valence-electron chi connectivity index (χ0n) is 8.50. The Labute approximate surface area is 98.5 Å². The lowest BCUT2D eigenvalue weighted by atomic mass is 10.1. The average molecular weight is 268 g/mol. The highest BCUT2D eigenvalue weighted by Gasteiger charge is 2.01. The van der Waals surface area contributed by atoms with Crippen molar-refractivity contribution in [2.24, 2.45) is 0 Å². The maximum Gasteiger partial charge on any atom is 0.220 e. The van der Waals surface area contributed by atoms with E-state index >= 15 is 0 Å². The fraction of sp³-hybridized carbons (Fsp3) is 0.250. The molecular weight excluding hydrogens is 254 g/mol. The summed E-state index contributed by atoms with van der Waals surface area (Å²) in [6, 6.07) is 9.98. The smallest absolute Gasteiger partial charge is 0.220 e. The summed E-state index contributed by atoms with van der Waals surface area (Å²) in [5, 5.41) is 2.77. The van der Waals surface area contributed by atoms with Crippen LogP contribution in [0.25, 0.3) is 0 Å². The van der Waals surface area contributed by atoms with Crippen molar-refractivity contribution in [2.45, 2.75) is 12.8 Å². The Morgan fingerprint density at radius 2 is 2.00 bits per heavy atom. The Balaban J connectivity index is 2.26. The van der Waals surface area contributed by atoms with E-state index < -0.39 is 0 Å². The first-order valence-corrected chi connectivity index (χ1v) is 5.61. The van der Waals surface area contributed by atoms with E-state index in [4.69, 9.17) is 0 Å². The maximum atomic E-state index is 11.3. The average Bonchev–Trinajstić information content (AvgIpc) is 2.25. The predicted molar refractivity (Wildman–Crippen MR) is 65.8 cm³/mol. The number of rotatable bonds is 5. The zero-order chi connectivity index (χ0) is 11.1. The van der Waals surface area contributed by atoms with Crippen LogP contribution in [0.2, 0.25) is 0 Å². The van der Waals surface area contributed by atoms with Crippen LogP contribution >= 0.6 is 15.9 Å². The number of aryl methyl sites for hydroxylation is 1. The number of hydrogen-bond acceptors (Lipinski definition) is 1. The Bertz CT molecular complexity index is 335. The summed E-state index contributed by atoms with van der Waals surface area (Å²) < 4.78 is 0.788. The molecule has 0 saturated carbocycles. The molecule has 3 heteroatoms. The molecule has 1 amide bonds. The lowest BCUT2D eigenvalue weighted by molar-refractivity contribution is -0.120. The Morgan fingerprint density at radius 1 is 1.33 bits per heavy atom. The van der Waals surface area contributed by atoms with Crippen molar-refractivity contribution in [3.8, 4) is 0 Å². The highest BCUT2D eigenvalue weighted by Crippen LogP contribution is 2.02. The molecule has 15 heavy (non-hydrogen) atoms. The van der Waals surface area contributed by atoms with Gasteiger partial charge < -0.3 is 5.32 Å². The van der Waals surface area contributed by atoms with Crippen LogP contribution in [-0.4, -0.2) is 12.5 Å². The Morgan fingerprint density at radius 3 is 2.60 bits per heavy atom. The van der Waals surface area contributed by atoms with Crippen molar-refractivity contribution in [3.05, 3.63) is 47.0 Å². The third kappa shape index (κ3) is 5.37. The van der Waals surface area contributed by atoms with E-state index in [-0.39, 0.29) is 5.91 Å². The van der Waals surface area contributed by atoms with Gasteiger partial charge in [-0.15, -0.1) is 0 Å². The first kappa shape index (κ1) is 12.0. The molecule has 0 aliphatic rings. The number of halogens is 1. The quantitative estimate of drug-likeness (QED) is 0.873. The SMILES string of the molecule is C=C(Br)CNC(=O)CCc1ccccc1. The summed E-state index contributed by atoms with van der Waals surface area (Å²) in [4.78, 5) is 11.3. The summed E-state index contributed by atoms with van der Waals surface area (Å²) in [6.45, 7) is 4.14. The van der Waals surface area contributed by atoms with E-state index in [2.05, 4.69) is 27.8 Å². The highest BCUT2D eigenvalue weighted by molar-refractivity contribution is 9.11. The van der Waals surface area contributed by atoms with Crippen LogP contribution in [0.4, 0.5) is 0 Å². The largest absolute Gasteiger partial charge is 0.352 e. The van der Waals surface area contributed by atoms with E-state index in [1.54, 1.807) is 0 Å². The molecule has 0 aliphatic heterocycles. The van der Waals surface area contributed by atoms with Crippen molar-refractivity contribution in [2.75, 3.05) is 6.54 Å². The molecule has 1 aromatic rings. The van der Waals surface area contributed by atoms with E-state index in [0.29, 0.717) is 13.0 Å². The fourth-order valence-electron chi connectivity index (χ4n) is 1.19. The van der Waals surface area contributed by atoms with Crippen LogP contribution in [-0.2, 0) is 11.2 Å². The van der Waals surface area contributed by atoms with Crippen molar-refractivity contribution < 1.29 is 4.79 Å². The lowest BCUT2D eigenvalue weighted by Gasteiger charge is -2.03. The number of amides is 1. The van der Waals surface area contributed by atoms with Crippen LogP contribution in [0.1, 0.15) is 12.0 Å². The van der Waals surface area contributed by atoms with Crippen molar-refractivity contribution in [1.82, 2.24) is 5.32 Å². The topological polar surface area (TPSA) is 29.1 Å². The molecular formula is C12H14BrNO. The summed E-state index contributed by atoms with van der Waals surface area (Å²) >= 11 is 3.19. The maximum absolute atomic E-state index is 11.3. The van der Waals surface area contributed by atoms with Gasteiger partial charge in [-0.1, -0.05) is 52.8 Å². The lowest BCUT2D eigenvalue weighted by Crippen LogP contribution is -2.24. The van der Waals surface area contributed by atoms with Crippen LogP contribution < -0.4 is 5.32 Å². The van der Waals surface area contributed by atoms with Crippen molar-refractivity contribution in [1.29, 1.82) is 0 Å². The second-order valence-corrected chi connectivity index (χ2v) is 4.40. The molecule has 0 aromatic heterocycles. The number of nitrogens with one attached hydrogen (secondary N) is 1. The van der Waals surface area contributed by atoms with Crippen LogP contribution in [0.3, 0.4) is 0 Å². The molecule has 0 unspecified atom stereocenters. The van der Waals surface area contributed by atoms with Gasteiger partial charge in [0.15, 0.2) is 0 Å². The van der Waals surface area contributed by atoms with Crippen molar-refractivity contribution in [3.63, 3.8) is 0 Å². The van der Waals surface area contributed by atoms with Gasteiger partial charge in [0, 0.05) is 17.4 Å². The Kier molecular flexibility index (Phi) is 5.12. The molecule has 0 saturated heterocycles. The summed E-state index contributed by atoms with van der Waals surface area (Å²) in [7, 11) is 0. The van der Waals surface area contributed by atoms with Crippen LogP contribution in [0, 0.1) is 0 Å². The van der Waals surface area contributed by atoms with E-state index in [1.165, 1.54) is 5.56 Å². The minimum atomic E-state index is 0.0550. The predicted octanol–water partition coefficient (Wildman–Crippen LogP) is 2.64. The summed E-state index contributed by atoms with van der Waals surface area (Å²) in [5.74, 6) is 0.0550. The molecule has 0 heterocycles. The third-order valence-corrected chi connectivity index (χ3v) is 2.24. The minimum absolute atomic E-state index is 0.0550. The van der Waals surface area contributed by atoms with Gasteiger partial charge in [0.05, 0.1) is 0 Å². The molecule has 1 N–H and O–H groups in total. The van der Waals surface area contributed by atoms with Crippen LogP contribution in [0.15, 0.2) is 41.4 Å². The van der Waals surface area contributed by atoms with Crippen LogP contribution in [0.5, 0.6) is 0 Å². The fourth-order valence-corrected chi connectivity index (χ4v) is 1.33. The molecule has 0 aliphatic carbocycles. The third-order valence-electron chi connectivity index (χ3n) is 1.96. The second-order valence-electron chi connectivity index (χ2n) is 3.28. The summed E-state index contributed by atoms with van der Waals surface area (Å²) in [6.07, 6.45) is 1.30. The number of carbonyl (C=O) groups is 1. The number of benzene rings is 1. The second kappa shape index (κ2) is 6.40. The molecule has 0 spiro atoms. The van der Waals surface area contributed by atoms with Gasteiger partial charge in [0.2, 0.25) is 5.91 Å². The molecule has 80 valence electrons. The van der Waals surface area contributed by atoms with Gasteiger partial charge in [0.1, 0.15) is 0 Å². The summed E-state index contributed by atoms with van der Waals surface area (Å²) in [5.41, 5.74) is 1.19. The monoisotopic (exact) mass is 267 g/mol. The molecule has 0 bridgehead atoms. The standard InChI is InChI=1S/C12H14BrNO/c1-10(13)9-14-12(15)8-7-11-5-3-2-4-6-11/h2-6H,1,7-9H2,(H,14,15). The number of hydrogen-bond donors (Lipinski definition) is 1. The first-order chi connectivity index (χ1) is 7.18. The highest BCUT2D eigenvalue weighted by atomic mass is 79.9. The van der Waals surface area contributed by atoms with E-state index in [9.17, 15) is 4.79 Å². The Hall–Kier alpha value is -1.09. The van der Waals surface area contributed by atoms with Gasteiger partial charge in [-0.05, 0) is 12.0 Å². The zero-order valence-corrected chi connectivity index (χ0v) is 10.1. The van der Waals surface area contributed by atoms with Gasteiger partial charge in [-0.2, -0.15) is 0 Å². The normalized spacial score (nSPS) is 9.67. The minimum Gasteiger partial charge on any atom is -0.352 e. The van der Waals surface area contributed by atoms with Gasteiger partial charge in [0.25, 0.3) is 0 Å². The molecule has 2 nitrogen and oxygen atoms in total. The van der Waals surface area contributed by atoms with Gasteiger partial charge in [-0.25, -0.2) is 0 Å². The molecule has 0 atom stereocenters. The molecule has 1 rings (SSSR count). The van der Waals surface area contributed by atoms with E-state index in [0.717, 1.165) is 10.9 Å². The van der Waals surface area contributed by atoms with E-state index in [1.807, 2.05) is 30.3 Å². The molecule has 0 fully saturated rings. The number of carbonyl (C=O) groups excluding carboxylic acids is 1. The molecule has 0 radical (unpaired) electrons. The first-order valence-electron chi connectivity index (χ1n) is 4.82. The van der Waals surface area contributed by atoms with Crippen molar-refractivity contribution >= 4 is 21.8 Å². The van der Waals surface area contributed by atoms with Gasteiger partial charge >= 0.3 is 0 Å².